The maximum Gasteiger partial charge on any atom is 0.249 e. The van der Waals surface area contributed by atoms with Crippen LogP contribution in [0, 0.1) is 0 Å². The molecule has 0 radical (unpaired) electrons. The van der Waals surface area contributed by atoms with Gasteiger partial charge < -0.3 is 15.0 Å². The highest BCUT2D eigenvalue weighted by Gasteiger charge is 2.29. The molecule has 3 rings (SSSR count). The Bertz CT molecular complexity index is 680. The topological polar surface area (TPSA) is 80.2 Å². The minimum absolute atomic E-state index is 0.0000440. The molecule has 1 N–H and O–H groups in total. The molecule has 126 valence electrons. The van der Waals surface area contributed by atoms with Crippen LogP contribution in [0.3, 0.4) is 0 Å². The molecule has 0 aliphatic carbocycles. The van der Waals surface area contributed by atoms with Gasteiger partial charge in [-0.25, -0.2) is 15.0 Å². The molecule has 1 fully saturated rings. The second kappa shape index (κ2) is 7.83. The monoisotopic (exact) mass is 327 g/mol. The predicted molar refractivity (Wildman–Crippen MR) is 89.7 cm³/mol. The number of likely N-dealkylation sites (tertiary alicyclic amines) is 1. The highest BCUT2D eigenvalue weighted by molar-refractivity contribution is 5.78. The van der Waals surface area contributed by atoms with Crippen molar-refractivity contribution in [2.24, 2.45) is 0 Å². The Balaban J connectivity index is 1.79. The van der Waals surface area contributed by atoms with Gasteiger partial charge in [-0.2, -0.15) is 0 Å². The van der Waals surface area contributed by atoms with Crippen LogP contribution >= 0.6 is 0 Å². The van der Waals surface area contributed by atoms with Crippen molar-refractivity contribution in [3.8, 4) is 0 Å². The van der Waals surface area contributed by atoms with E-state index in [2.05, 4.69) is 20.3 Å². The number of nitrogens with one attached hydrogen (secondary N) is 1. The summed E-state index contributed by atoms with van der Waals surface area (Å²) in [4.78, 5) is 27.2. The van der Waals surface area contributed by atoms with Gasteiger partial charge in [-0.15, -0.1) is 0 Å². The molecule has 24 heavy (non-hydrogen) atoms. The van der Waals surface area contributed by atoms with Crippen molar-refractivity contribution in [2.75, 3.05) is 25.6 Å². The van der Waals surface area contributed by atoms with Gasteiger partial charge >= 0.3 is 0 Å². The SMILES string of the molecule is COCC(=O)N1CCCC[C@@H]1c1ccnc(Nc2ccccn2)n1. The number of nitrogens with zero attached hydrogens (tertiary/aromatic N) is 4. The van der Waals surface area contributed by atoms with Crippen LogP contribution in [-0.2, 0) is 9.53 Å². The summed E-state index contributed by atoms with van der Waals surface area (Å²) in [6.45, 7) is 0.834. The Labute approximate surface area is 141 Å². The zero-order chi connectivity index (χ0) is 16.8. The molecule has 0 unspecified atom stereocenters. The fourth-order valence-electron chi connectivity index (χ4n) is 2.91. The van der Waals surface area contributed by atoms with Crippen molar-refractivity contribution in [2.45, 2.75) is 25.3 Å². The fraction of sp³-hybridized carbons (Fsp3) is 0.412. The summed E-state index contributed by atoms with van der Waals surface area (Å²) < 4.78 is 5.00. The number of aromatic nitrogens is 3. The van der Waals surface area contributed by atoms with E-state index in [1.54, 1.807) is 12.4 Å². The molecule has 1 aliphatic heterocycles. The summed E-state index contributed by atoms with van der Waals surface area (Å²) in [7, 11) is 1.54. The Morgan fingerprint density at radius 3 is 3.00 bits per heavy atom. The summed E-state index contributed by atoms with van der Waals surface area (Å²) in [5.74, 6) is 1.17. The van der Waals surface area contributed by atoms with Gasteiger partial charge in [-0.3, -0.25) is 4.79 Å². The molecule has 0 aromatic carbocycles. The second-order valence-corrected chi connectivity index (χ2v) is 5.68. The first-order valence-corrected chi connectivity index (χ1v) is 8.07. The third-order valence-corrected chi connectivity index (χ3v) is 4.01. The molecule has 7 heteroatoms. The lowest BCUT2D eigenvalue weighted by molar-refractivity contribution is -0.139. The van der Waals surface area contributed by atoms with Crippen LogP contribution in [0.2, 0.25) is 0 Å². The van der Waals surface area contributed by atoms with E-state index in [-0.39, 0.29) is 18.6 Å². The van der Waals surface area contributed by atoms with E-state index in [9.17, 15) is 4.79 Å². The zero-order valence-electron chi connectivity index (χ0n) is 13.7. The number of rotatable bonds is 5. The number of pyridine rings is 1. The molecule has 1 saturated heterocycles. The normalized spacial score (nSPS) is 17.5. The molecule has 1 atom stereocenters. The van der Waals surface area contributed by atoms with Gasteiger partial charge in [-0.1, -0.05) is 6.07 Å². The quantitative estimate of drug-likeness (QED) is 0.908. The lowest BCUT2D eigenvalue weighted by Gasteiger charge is -2.35. The summed E-state index contributed by atoms with van der Waals surface area (Å²) in [5, 5.41) is 3.09. The fourth-order valence-corrected chi connectivity index (χ4v) is 2.91. The summed E-state index contributed by atoms with van der Waals surface area (Å²) >= 11 is 0. The average molecular weight is 327 g/mol. The summed E-state index contributed by atoms with van der Waals surface area (Å²) in [6.07, 6.45) is 6.40. The molecular weight excluding hydrogens is 306 g/mol. The number of hydrogen-bond donors (Lipinski definition) is 1. The zero-order valence-corrected chi connectivity index (χ0v) is 13.7. The number of carbonyl (C=O) groups is 1. The third-order valence-electron chi connectivity index (χ3n) is 4.01. The van der Waals surface area contributed by atoms with Crippen molar-refractivity contribution in [1.82, 2.24) is 19.9 Å². The summed E-state index contributed by atoms with van der Waals surface area (Å²) in [6, 6.07) is 7.43. The van der Waals surface area contributed by atoms with Crippen molar-refractivity contribution in [3.63, 3.8) is 0 Å². The Kier molecular flexibility index (Phi) is 5.32. The molecule has 3 heterocycles. The van der Waals surface area contributed by atoms with Gasteiger partial charge in [-0.05, 0) is 37.5 Å². The first-order valence-electron chi connectivity index (χ1n) is 8.07. The lowest BCUT2D eigenvalue weighted by atomic mass is 9.99. The van der Waals surface area contributed by atoms with E-state index in [0.29, 0.717) is 11.8 Å². The maximum atomic E-state index is 12.3. The maximum absolute atomic E-state index is 12.3. The Morgan fingerprint density at radius 1 is 1.29 bits per heavy atom. The Morgan fingerprint density at radius 2 is 2.21 bits per heavy atom. The van der Waals surface area contributed by atoms with Crippen LogP contribution in [0.4, 0.5) is 11.8 Å². The molecular formula is C17H21N5O2. The summed E-state index contributed by atoms with van der Waals surface area (Å²) in [5.41, 5.74) is 0.840. The molecule has 2 aromatic heterocycles. The molecule has 1 amide bonds. The first-order chi connectivity index (χ1) is 11.8. The van der Waals surface area contributed by atoms with Gasteiger partial charge in [0, 0.05) is 26.0 Å². The number of carbonyl (C=O) groups excluding carboxylic acids is 1. The standard InChI is InChI=1S/C17H21N5O2/c1-24-12-16(23)22-11-5-3-6-14(22)13-8-10-19-17(20-13)21-15-7-2-4-9-18-15/h2,4,7-10,14H,3,5-6,11-12H2,1H3,(H,18,19,20,21)/t14-/m1/s1. The highest BCUT2D eigenvalue weighted by Crippen LogP contribution is 2.30. The number of hydrogen-bond acceptors (Lipinski definition) is 6. The van der Waals surface area contributed by atoms with Gasteiger partial charge in [0.05, 0.1) is 11.7 Å². The minimum Gasteiger partial charge on any atom is -0.375 e. The van der Waals surface area contributed by atoms with Crippen LogP contribution in [0.1, 0.15) is 31.0 Å². The predicted octanol–water partition coefficient (Wildman–Crippen LogP) is 2.32. The van der Waals surface area contributed by atoms with Crippen molar-refractivity contribution in [1.29, 1.82) is 0 Å². The van der Waals surface area contributed by atoms with Gasteiger partial charge in [0.25, 0.3) is 0 Å². The van der Waals surface area contributed by atoms with Crippen molar-refractivity contribution in [3.05, 3.63) is 42.4 Å². The van der Waals surface area contributed by atoms with E-state index >= 15 is 0 Å². The van der Waals surface area contributed by atoms with Crippen LogP contribution in [0.15, 0.2) is 36.7 Å². The van der Waals surface area contributed by atoms with E-state index in [4.69, 9.17) is 4.74 Å². The van der Waals surface area contributed by atoms with Crippen LogP contribution < -0.4 is 5.32 Å². The highest BCUT2D eigenvalue weighted by atomic mass is 16.5. The number of methoxy groups -OCH3 is 1. The number of anilines is 2. The van der Waals surface area contributed by atoms with E-state index in [1.807, 2.05) is 29.2 Å². The van der Waals surface area contributed by atoms with Crippen LogP contribution in [0.5, 0.6) is 0 Å². The van der Waals surface area contributed by atoms with E-state index in [1.165, 1.54) is 7.11 Å². The largest absolute Gasteiger partial charge is 0.375 e. The lowest BCUT2D eigenvalue weighted by Crippen LogP contribution is -2.40. The van der Waals surface area contributed by atoms with Gasteiger partial charge in [0.15, 0.2) is 0 Å². The third kappa shape index (κ3) is 3.86. The van der Waals surface area contributed by atoms with Gasteiger partial charge in [0.2, 0.25) is 11.9 Å². The second-order valence-electron chi connectivity index (χ2n) is 5.68. The number of piperidine rings is 1. The molecule has 0 spiro atoms. The van der Waals surface area contributed by atoms with Crippen LogP contribution in [0.25, 0.3) is 0 Å². The van der Waals surface area contributed by atoms with Crippen molar-refractivity contribution < 1.29 is 9.53 Å². The average Bonchev–Trinajstić information content (AvgIpc) is 2.63. The molecule has 7 nitrogen and oxygen atoms in total. The minimum atomic E-state index is -0.0336. The molecule has 1 aliphatic rings. The van der Waals surface area contributed by atoms with Crippen LogP contribution in [-0.4, -0.2) is 46.0 Å². The molecule has 0 saturated carbocycles. The van der Waals surface area contributed by atoms with E-state index in [0.717, 1.165) is 31.5 Å². The van der Waals surface area contributed by atoms with Crippen molar-refractivity contribution >= 4 is 17.7 Å². The van der Waals surface area contributed by atoms with E-state index < -0.39 is 0 Å². The molecule has 0 bridgehead atoms. The number of ether oxygens (including phenoxy) is 1. The number of amides is 1. The first kappa shape index (κ1) is 16.3. The molecule has 2 aromatic rings. The Hall–Kier alpha value is -2.54. The van der Waals surface area contributed by atoms with Gasteiger partial charge in [0.1, 0.15) is 12.4 Å². The smallest absolute Gasteiger partial charge is 0.249 e.